The number of rotatable bonds is 9. The molecule has 0 heterocycles. The number of carbonyl (C=O) groups is 1. The normalized spacial score (nSPS) is 10.8. The van der Waals surface area contributed by atoms with Crippen molar-refractivity contribution in [2.75, 3.05) is 0 Å². The molecule has 0 amide bonds. The molecular formula is C10H22NaO5P. The van der Waals surface area contributed by atoms with E-state index in [-0.39, 0.29) is 37.4 Å². The predicted molar refractivity (Wildman–Crippen MR) is 61.9 cm³/mol. The number of hydrogen-bond acceptors (Lipinski definition) is 3. The van der Waals surface area contributed by atoms with Gasteiger partial charge in [-0.1, -0.05) is 45.4 Å². The average molecular weight is 276 g/mol. The first-order valence-electron chi connectivity index (χ1n) is 5.73. The molecule has 98 valence electrons. The molecule has 0 saturated carbocycles. The first-order chi connectivity index (χ1) is 7.45. The van der Waals surface area contributed by atoms with Crippen LogP contribution in [0.15, 0.2) is 0 Å². The van der Waals surface area contributed by atoms with E-state index >= 15 is 0 Å². The Balaban J connectivity index is -0.00000112. The zero-order chi connectivity index (χ0) is 12.4. The maximum Gasteiger partial charge on any atom is 1.00 e. The second-order valence-corrected chi connectivity index (χ2v) is 4.99. The molecule has 0 unspecified atom stereocenters. The third-order valence-electron chi connectivity index (χ3n) is 2.21. The second kappa shape index (κ2) is 11.7. The van der Waals surface area contributed by atoms with E-state index in [1.807, 2.05) is 0 Å². The molecule has 0 aliphatic carbocycles. The average Bonchev–Trinajstić information content (AvgIpc) is 2.13. The van der Waals surface area contributed by atoms with Crippen LogP contribution in [0.5, 0.6) is 0 Å². The van der Waals surface area contributed by atoms with Crippen molar-refractivity contribution >= 4 is 13.8 Å². The van der Waals surface area contributed by atoms with Crippen molar-refractivity contribution in [1.29, 1.82) is 0 Å². The van der Waals surface area contributed by atoms with Crippen molar-refractivity contribution in [3.63, 3.8) is 0 Å². The molecule has 5 nitrogen and oxygen atoms in total. The minimum Gasteiger partial charge on any atom is -1.00 e. The summed E-state index contributed by atoms with van der Waals surface area (Å²) in [7, 11) is -4.64. The van der Waals surface area contributed by atoms with Crippen LogP contribution in [0.25, 0.3) is 0 Å². The molecule has 0 atom stereocenters. The van der Waals surface area contributed by atoms with Gasteiger partial charge in [0.05, 0.1) is 0 Å². The summed E-state index contributed by atoms with van der Waals surface area (Å²) < 4.78 is 14.2. The standard InChI is InChI=1S/C10H21O5P.Na.H/c1-2-3-4-5-6-7-8-9-10(11)15-16(12,13)14;;/h2-9H2,1H3,(H2,12,13,14);;/q;+1;-1. The van der Waals surface area contributed by atoms with E-state index in [1.54, 1.807) is 0 Å². The van der Waals surface area contributed by atoms with Crippen LogP contribution < -0.4 is 29.6 Å². The van der Waals surface area contributed by atoms with E-state index in [1.165, 1.54) is 19.3 Å². The van der Waals surface area contributed by atoms with Gasteiger partial charge in [0.15, 0.2) is 0 Å². The zero-order valence-corrected chi connectivity index (χ0v) is 13.6. The molecule has 0 aromatic carbocycles. The smallest absolute Gasteiger partial charge is 1.00 e. The Bertz CT molecular complexity index is 246. The minimum absolute atomic E-state index is 0. The zero-order valence-electron chi connectivity index (χ0n) is 11.7. The quantitative estimate of drug-likeness (QED) is 0.348. The van der Waals surface area contributed by atoms with Gasteiger partial charge in [0.2, 0.25) is 0 Å². The van der Waals surface area contributed by atoms with Crippen molar-refractivity contribution in [3.8, 4) is 0 Å². The van der Waals surface area contributed by atoms with Gasteiger partial charge in [0, 0.05) is 6.42 Å². The predicted octanol–water partition coefficient (Wildman–Crippen LogP) is -0.121. The van der Waals surface area contributed by atoms with Crippen molar-refractivity contribution in [3.05, 3.63) is 0 Å². The molecule has 17 heavy (non-hydrogen) atoms. The monoisotopic (exact) mass is 276 g/mol. The first-order valence-corrected chi connectivity index (χ1v) is 7.26. The van der Waals surface area contributed by atoms with Crippen LogP contribution in [0.2, 0.25) is 0 Å². The summed E-state index contributed by atoms with van der Waals surface area (Å²) in [4.78, 5) is 27.6. The molecular weight excluding hydrogens is 254 g/mol. The second-order valence-electron chi connectivity index (χ2n) is 3.83. The van der Waals surface area contributed by atoms with Gasteiger partial charge in [-0.3, -0.25) is 14.6 Å². The molecule has 0 aromatic heterocycles. The van der Waals surface area contributed by atoms with E-state index in [0.717, 1.165) is 19.3 Å². The molecule has 0 radical (unpaired) electrons. The van der Waals surface area contributed by atoms with Gasteiger partial charge in [-0.05, 0) is 6.42 Å². The molecule has 0 bridgehead atoms. The number of phosphoric ester groups is 1. The first kappa shape index (κ1) is 19.9. The van der Waals surface area contributed by atoms with Gasteiger partial charge >= 0.3 is 43.3 Å². The van der Waals surface area contributed by atoms with Gasteiger partial charge in [-0.15, -0.1) is 0 Å². The maximum atomic E-state index is 10.9. The van der Waals surface area contributed by atoms with Crippen molar-refractivity contribution in [2.24, 2.45) is 0 Å². The van der Waals surface area contributed by atoms with Gasteiger partial charge in [0.1, 0.15) is 0 Å². The van der Waals surface area contributed by atoms with Crippen molar-refractivity contribution in [1.82, 2.24) is 0 Å². The Morgan fingerprint density at radius 2 is 1.59 bits per heavy atom. The van der Waals surface area contributed by atoms with Crippen LogP contribution in [-0.4, -0.2) is 15.8 Å². The Hall–Kier alpha value is 0.620. The Kier molecular flexibility index (Phi) is 13.7. The van der Waals surface area contributed by atoms with Gasteiger partial charge in [-0.25, -0.2) is 4.57 Å². The SMILES string of the molecule is CCCCCCCCCC(=O)OP(=O)(O)O.[H-].[Na+]. The summed E-state index contributed by atoms with van der Waals surface area (Å²) in [5.41, 5.74) is 0. The fraction of sp³-hybridized carbons (Fsp3) is 0.900. The summed E-state index contributed by atoms with van der Waals surface area (Å²) in [6, 6.07) is 0. The molecule has 2 N–H and O–H groups in total. The summed E-state index contributed by atoms with van der Waals surface area (Å²) in [5, 5.41) is 0. The molecule has 0 aromatic rings. The van der Waals surface area contributed by atoms with Crippen LogP contribution in [0.4, 0.5) is 0 Å². The number of carbonyl (C=O) groups excluding carboxylic acids is 1. The molecule has 0 spiro atoms. The Labute approximate surface area is 126 Å². The van der Waals surface area contributed by atoms with Gasteiger partial charge in [-0.2, -0.15) is 0 Å². The van der Waals surface area contributed by atoms with Crippen LogP contribution in [0.1, 0.15) is 59.7 Å². The van der Waals surface area contributed by atoms with Crippen LogP contribution in [0.3, 0.4) is 0 Å². The molecule has 0 aliphatic rings. The van der Waals surface area contributed by atoms with Crippen LogP contribution in [0, 0.1) is 0 Å². The Morgan fingerprint density at radius 1 is 1.12 bits per heavy atom. The summed E-state index contributed by atoms with van der Waals surface area (Å²) in [5.74, 6) is -0.818. The molecule has 0 aliphatic heterocycles. The van der Waals surface area contributed by atoms with E-state index < -0.39 is 13.8 Å². The number of hydrogen-bond donors (Lipinski definition) is 2. The fourth-order valence-electron chi connectivity index (χ4n) is 1.40. The largest absolute Gasteiger partial charge is 1.00 e. The topological polar surface area (TPSA) is 83.8 Å². The maximum absolute atomic E-state index is 10.9. The van der Waals surface area contributed by atoms with E-state index in [9.17, 15) is 9.36 Å². The Morgan fingerprint density at radius 3 is 2.06 bits per heavy atom. The van der Waals surface area contributed by atoms with Gasteiger partial charge < -0.3 is 5.95 Å². The van der Waals surface area contributed by atoms with E-state index in [2.05, 4.69) is 11.4 Å². The number of phosphoric acid groups is 1. The summed E-state index contributed by atoms with van der Waals surface area (Å²) in [6.45, 7) is 2.15. The van der Waals surface area contributed by atoms with Crippen molar-refractivity contribution in [2.45, 2.75) is 58.3 Å². The summed E-state index contributed by atoms with van der Waals surface area (Å²) >= 11 is 0. The number of unbranched alkanes of at least 4 members (excludes halogenated alkanes) is 6. The van der Waals surface area contributed by atoms with Crippen molar-refractivity contribution < 1.29 is 54.7 Å². The van der Waals surface area contributed by atoms with Gasteiger partial charge in [0.25, 0.3) is 0 Å². The van der Waals surface area contributed by atoms with E-state index in [4.69, 9.17) is 9.79 Å². The third kappa shape index (κ3) is 16.6. The van der Waals surface area contributed by atoms with Crippen LogP contribution in [-0.2, 0) is 13.9 Å². The molecule has 0 fully saturated rings. The molecule has 0 rings (SSSR count). The fourth-order valence-corrected chi connectivity index (χ4v) is 1.76. The molecule has 7 heteroatoms. The minimum atomic E-state index is -4.64. The third-order valence-corrected chi connectivity index (χ3v) is 2.65. The molecule has 0 saturated heterocycles. The summed E-state index contributed by atoms with van der Waals surface area (Å²) in [6.07, 6.45) is 7.48. The van der Waals surface area contributed by atoms with E-state index in [0.29, 0.717) is 6.42 Å². The van der Waals surface area contributed by atoms with Crippen LogP contribution >= 0.6 is 7.82 Å².